The van der Waals surface area contributed by atoms with E-state index in [0.29, 0.717) is 6.54 Å². The van der Waals surface area contributed by atoms with Crippen LogP contribution in [0.15, 0.2) is 22.1 Å². The van der Waals surface area contributed by atoms with Crippen LogP contribution in [-0.2, 0) is 14.3 Å². The Labute approximate surface area is 127 Å². The first-order valence-corrected chi connectivity index (χ1v) is 7.69. The second-order valence-corrected chi connectivity index (χ2v) is 6.18. The fourth-order valence-electron chi connectivity index (χ4n) is 2.36. The van der Waals surface area contributed by atoms with E-state index in [9.17, 15) is 9.59 Å². The molecule has 7 heteroatoms. The summed E-state index contributed by atoms with van der Waals surface area (Å²) in [7, 11) is 1.34. The maximum Gasteiger partial charge on any atom is 0.311 e. The molecule has 0 saturated carbocycles. The number of nitrogens with zero attached hydrogens (tertiary/aromatic N) is 2. The van der Waals surface area contributed by atoms with Gasteiger partial charge in [-0.1, -0.05) is 0 Å². The Morgan fingerprint density at radius 1 is 1.55 bits per heavy atom. The Balaban J connectivity index is 1.97. The van der Waals surface area contributed by atoms with Gasteiger partial charge in [0.15, 0.2) is 0 Å². The number of ether oxygens (including phenoxy) is 1. The molecule has 0 bridgehead atoms. The summed E-state index contributed by atoms with van der Waals surface area (Å²) in [5.41, 5.74) is 3.43. The van der Waals surface area contributed by atoms with Crippen molar-refractivity contribution in [3.63, 3.8) is 0 Å². The fraction of sp³-hybridized carbons (Fsp3) is 0.308. The second-order valence-electron chi connectivity index (χ2n) is 4.53. The predicted octanol–water partition coefficient (Wildman–Crippen LogP) is 2.58. The van der Waals surface area contributed by atoms with Crippen LogP contribution in [0.25, 0.3) is 10.2 Å². The zero-order valence-electron chi connectivity index (χ0n) is 10.6. The predicted molar refractivity (Wildman–Crippen MR) is 79.8 cm³/mol. The van der Waals surface area contributed by atoms with Crippen molar-refractivity contribution in [3.05, 3.63) is 22.1 Å². The number of rotatable bonds is 2. The number of halogens is 1. The molecular formula is C13H11BrN2O3S. The van der Waals surface area contributed by atoms with Crippen molar-refractivity contribution < 1.29 is 14.3 Å². The minimum atomic E-state index is -0.392. The molecule has 2 aromatic rings. The van der Waals surface area contributed by atoms with Gasteiger partial charge in [0.05, 0.1) is 38.9 Å². The summed E-state index contributed by atoms with van der Waals surface area (Å²) < 4.78 is 6.56. The first kappa shape index (κ1) is 13.5. The van der Waals surface area contributed by atoms with E-state index in [1.807, 2.05) is 12.1 Å². The van der Waals surface area contributed by atoms with Crippen molar-refractivity contribution in [1.29, 1.82) is 0 Å². The lowest BCUT2D eigenvalue weighted by molar-refractivity contribution is -0.145. The lowest BCUT2D eigenvalue weighted by Crippen LogP contribution is -2.26. The van der Waals surface area contributed by atoms with Gasteiger partial charge in [0.1, 0.15) is 0 Å². The van der Waals surface area contributed by atoms with E-state index in [1.54, 1.807) is 10.4 Å². The number of hydrogen-bond acceptors (Lipinski definition) is 5. The number of aromatic nitrogens is 1. The van der Waals surface area contributed by atoms with Gasteiger partial charge in [0.2, 0.25) is 5.91 Å². The number of esters is 1. The normalized spacial score (nSPS) is 18.8. The Hall–Kier alpha value is -1.47. The lowest BCUT2D eigenvalue weighted by Gasteiger charge is -2.18. The summed E-state index contributed by atoms with van der Waals surface area (Å²) in [4.78, 5) is 29.6. The van der Waals surface area contributed by atoms with E-state index in [0.717, 1.165) is 20.4 Å². The van der Waals surface area contributed by atoms with Crippen LogP contribution >= 0.6 is 27.3 Å². The van der Waals surface area contributed by atoms with Crippen LogP contribution in [0.4, 0.5) is 5.69 Å². The molecule has 0 radical (unpaired) electrons. The van der Waals surface area contributed by atoms with E-state index in [4.69, 9.17) is 4.74 Å². The molecule has 1 aromatic carbocycles. The van der Waals surface area contributed by atoms with E-state index < -0.39 is 5.92 Å². The van der Waals surface area contributed by atoms with Crippen LogP contribution < -0.4 is 4.90 Å². The van der Waals surface area contributed by atoms with Gasteiger partial charge in [-0.25, -0.2) is 4.98 Å². The standard InChI is InChI=1S/C13H11BrN2O3S/c1-19-13(18)7-4-10(17)16(5-7)9-3-2-8-12(11(9)14)20-6-15-8/h2-3,6-7H,4-5H2,1H3. The van der Waals surface area contributed by atoms with E-state index >= 15 is 0 Å². The third-order valence-corrected chi connectivity index (χ3v) is 5.29. The van der Waals surface area contributed by atoms with Gasteiger partial charge in [-0.3, -0.25) is 9.59 Å². The topological polar surface area (TPSA) is 59.5 Å². The van der Waals surface area contributed by atoms with E-state index in [-0.39, 0.29) is 18.3 Å². The Morgan fingerprint density at radius 2 is 2.35 bits per heavy atom. The Morgan fingerprint density at radius 3 is 3.10 bits per heavy atom. The van der Waals surface area contributed by atoms with Crippen molar-refractivity contribution in [2.24, 2.45) is 5.92 Å². The van der Waals surface area contributed by atoms with Gasteiger partial charge < -0.3 is 9.64 Å². The number of anilines is 1. The van der Waals surface area contributed by atoms with E-state index in [2.05, 4.69) is 20.9 Å². The highest BCUT2D eigenvalue weighted by atomic mass is 79.9. The minimum Gasteiger partial charge on any atom is -0.469 e. The number of carbonyl (C=O) groups excluding carboxylic acids is 2. The quantitative estimate of drug-likeness (QED) is 0.777. The van der Waals surface area contributed by atoms with Crippen LogP contribution in [-0.4, -0.2) is 30.5 Å². The highest BCUT2D eigenvalue weighted by Crippen LogP contribution is 2.38. The van der Waals surface area contributed by atoms with Gasteiger partial charge >= 0.3 is 5.97 Å². The first-order valence-electron chi connectivity index (χ1n) is 6.01. The average Bonchev–Trinajstić information content (AvgIpc) is 3.05. The van der Waals surface area contributed by atoms with Crippen molar-refractivity contribution in [2.75, 3.05) is 18.6 Å². The summed E-state index contributed by atoms with van der Waals surface area (Å²) in [6.07, 6.45) is 0.194. The van der Waals surface area contributed by atoms with Gasteiger partial charge in [-0.2, -0.15) is 0 Å². The Kier molecular flexibility index (Phi) is 3.47. The number of thiazole rings is 1. The highest BCUT2D eigenvalue weighted by molar-refractivity contribution is 9.10. The van der Waals surface area contributed by atoms with Crippen LogP contribution in [0.1, 0.15) is 6.42 Å². The maximum absolute atomic E-state index is 12.1. The molecule has 104 valence electrons. The summed E-state index contributed by atoms with van der Waals surface area (Å²) in [5, 5.41) is 0. The molecule has 3 rings (SSSR count). The number of amides is 1. The molecule has 1 saturated heterocycles. The molecule has 1 fully saturated rings. The Bertz CT molecular complexity index is 700. The number of benzene rings is 1. The summed E-state index contributed by atoms with van der Waals surface area (Å²) in [6.45, 7) is 0.356. The zero-order valence-corrected chi connectivity index (χ0v) is 13.0. The molecule has 20 heavy (non-hydrogen) atoms. The molecule has 1 unspecified atom stereocenters. The monoisotopic (exact) mass is 354 g/mol. The van der Waals surface area contributed by atoms with Gasteiger partial charge in [0, 0.05) is 13.0 Å². The average molecular weight is 355 g/mol. The molecule has 1 aromatic heterocycles. The molecule has 1 amide bonds. The molecule has 1 aliphatic heterocycles. The third-order valence-electron chi connectivity index (χ3n) is 3.37. The third kappa shape index (κ3) is 2.10. The molecule has 0 aliphatic carbocycles. The molecular weight excluding hydrogens is 344 g/mol. The number of carbonyl (C=O) groups is 2. The highest BCUT2D eigenvalue weighted by Gasteiger charge is 2.36. The van der Waals surface area contributed by atoms with Gasteiger partial charge in [-0.05, 0) is 28.1 Å². The molecule has 0 spiro atoms. The molecule has 2 heterocycles. The van der Waals surface area contributed by atoms with Crippen molar-refractivity contribution in [2.45, 2.75) is 6.42 Å². The van der Waals surface area contributed by atoms with Crippen LogP contribution in [0.5, 0.6) is 0 Å². The summed E-state index contributed by atoms with van der Waals surface area (Å²) >= 11 is 5.05. The summed E-state index contributed by atoms with van der Waals surface area (Å²) in [6, 6.07) is 3.73. The zero-order chi connectivity index (χ0) is 14.3. The number of fused-ring (bicyclic) bond motifs is 1. The van der Waals surface area contributed by atoms with Crippen LogP contribution in [0.2, 0.25) is 0 Å². The van der Waals surface area contributed by atoms with Crippen molar-refractivity contribution >= 4 is 55.0 Å². The minimum absolute atomic E-state index is 0.0648. The van der Waals surface area contributed by atoms with E-state index in [1.165, 1.54) is 18.4 Å². The van der Waals surface area contributed by atoms with Gasteiger partial charge in [0.25, 0.3) is 0 Å². The molecule has 5 nitrogen and oxygen atoms in total. The maximum atomic E-state index is 12.1. The SMILES string of the molecule is COC(=O)C1CC(=O)N(c2ccc3ncsc3c2Br)C1. The van der Waals surface area contributed by atoms with Crippen molar-refractivity contribution in [3.8, 4) is 0 Å². The smallest absolute Gasteiger partial charge is 0.311 e. The molecule has 1 atom stereocenters. The summed E-state index contributed by atoms with van der Waals surface area (Å²) in [5.74, 6) is -0.794. The number of hydrogen-bond donors (Lipinski definition) is 0. The second kappa shape index (κ2) is 5.14. The van der Waals surface area contributed by atoms with Crippen molar-refractivity contribution in [1.82, 2.24) is 4.98 Å². The lowest BCUT2D eigenvalue weighted by atomic mass is 10.1. The van der Waals surface area contributed by atoms with Crippen LogP contribution in [0.3, 0.4) is 0 Å². The fourth-order valence-corrected chi connectivity index (χ4v) is 3.91. The van der Waals surface area contributed by atoms with Crippen LogP contribution in [0, 0.1) is 5.92 Å². The molecule has 1 aliphatic rings. The largest absolute Gasteiger partial charge is 0.469 e. The first-order chi connectivity index (χ1) is 9.61. The molecule has 0 N–H and O–H groups in total. The van der Waals surface area contributed by atoms with Gasteiger partial charge in [-0.15, -0.1) is 11.3 Å². The number of methoxy groups -OCH3 is 1.